The maximum Gasteiger partial charge on any atom is 0.0654 e. The molecule has 2 nitrogen and oxygen atoms in total. The second-order valence-corrected chi connectivity index (χ2v) is 10.5. The number of piperidine rings is 2. The van der Waals surface area contributed by atoms with Gasteiger partial charge in [-0.05, 0) is 60.2 Å². The Morgan fingerprint density at radius 2 is 2.18 bits per heavy atom. The maximum atomic E-state index is 11.2. The van der Waals surface area contributed by atoms with Gasteiger partial charge < -0.3 is 5.11 Å². The van der Waals surface area contributed by atoms with E-state index in [-0.39, 0.29) is 6.10 Å². The van der Waals surface area contributed by atoms with E-state index < -0.39 is 0 Å². The van der Waals surface area contributed by atoms with Crippen LogP contribution in [0.15, 0.2) is 12.2 Å². The molecule has 2 heteroatoms. The van der Waals surface area contributed by atoms with Gasteiger partial charge in [0.15, 0.2) is 0 Å². The molecule has 0 aromatic heterocycles. The highest BCUT2D eigenvalue weighted by atomic mass is 16.3. The summed E-state index contributed by atoms with van der Waals surface area (Å²) in [5.41, 5.74) is 3.05. The van der Waals surface area contributed by atoms with Gasteiger partial charge in [-0.2, -0.15) is 0 Å². The van der Waals surface area contributed by atoms with E-state index in [9.17, 15) is 5.11 Å². The summed E-state index contributed by atoms with van der Waals surface area (Å²) in [6, 6.07) is 1.60. The van der Waals surface area contributed by atoms with Gasteiger partial charge in [0.05, 0.1) is 6.10 Å². The normalized spacial score (nSPS) is 75.1. The van der Waals surface area contributed by atoms with Crippen LogP contribution < -0.4 is 0 Å². The van der Waals surface area contributed by atoms with Gasteiger partial charge in [-0.3, -0.25) is 4.90 Å². The number of rotatable bonds is 0. The molecule has 3 aliphatic heterocycles. The highest BCUT2D eigenvalue weighted by molar-refractivity contribution is 5.41. The van der Waals surface area contributed by atoms with E-state index in [1.807, 2.05) is 0 Å². The molecule has 0 radical (unpaired) electrons. The summed E-state index contributed by atoms with van der Waals surface area (Å²) in [6.45, 7) is 8.34. The zero-order chi connectivity index (χ0) is 14.6. The van der Waals surface area contributed by atoms with E-state index in [1.54, 1.807) is 0 Å². The predicted octanol–water partition coefficient (Wildman–Crippen LogP) is 2.82. The third-order valence-electron chi connectivity index (χ3n) is 10.2. The molecule has 3 saturated heterocycles. The number of hydrogen-bond donors (Lipinski definition) is 1. The molecule has 1 unspecified atom stereocenters. The number of aliphatic hydroxyl groups is 1. The van der Waals surface area contributed by atoms with Crippen LogP contribution in [0.5, 0.6) is 0 Å². The van der Waals surface area contributed by atoms with Crippen molar-refractivity contribution in [3.63, 3.8) is 0 Å². The van der Waals surface area contributed by atoms with Gasteiger partial charge in [-0.1, -0.05) is 25.5 Å². The third kappa shape index (κ3) is 0.833. The molecule has 1 N–H and O–H groups in total. The molecule has 118 valence electrons. The number of aliphatic hydroxyl groups excluding tert-OH is 1. The zero-order valence-corrected chi connectivity index (χ0v) is 13.6. The Morgan fingerprint density at radius 3 is 3.05 bits per heavy atom. The van der Waals surface area contributed by atoms with E-state index in [1.165, 1.54) is 50.6 Å². The van der Waals surface area contributed by atoms with Crippen LogP contribution >= 0.6 is 0 Å². The lowest BCUT2D eigenvalue weighted by atomic mass is 9.41. The van der Waals surface area contributed by atoms with E-state index in [0.717, 1.165) is 23.9 Å². The van der Waals surface area contributed by atoms with E-state index >= 15 is 0 Å². The van der Waals surface area contributed by atoms with Crippen LogP contribution in [0.3, 0.4) is 0 Å². The fraction of sp³-hybridized carbons (Fsp3) is 0.900. The van der Waals surface area contributed by atoms with Gasteiger partial charge in [-0.15, -0.1) is 0 Å². The lowest BCUT2D eigenvalue weighted by Gasteiger charge is -2.64. The molecule has 9 fully saturated rings. The van der Waals surface area contributed by atoms with Gasteiger partial charge in [0, 0.05) is 30.5 Å². The Bertz CT molecular complexity index is 644. The third-order valence-corrected chi connectivity index (χ3v) is 10.2. The van der Waals surface area contributed by atoms with Gasteiger partial charge in [0.1, 0.15) is 0 Å². The summed E-state index contributed by atoms with van der Waals surface area (Å²) >= 11 is 0. The Kier molecular flexibility index (Phi) is 1.64. The van der Waals surface area contributed by atoms with Crippen molar-refractivity contribution in [3.05, 3.63) is 12.2 Å². The van der Waals surface area contributed by atoms with Crippen molar-refractivity contribution in [2.24, 2.45) is 39.9 Å². The van der Waals surface area contributed by atoms with Crippen molar-refractivity contribution in [1.29, 1.82) is 0 Å². The van der Waals surface area contributed by atoms with Crippen molar-refractivity contribution in [1.82, 2.24) is 4.90 Å². The van der Waals surface area contributed by atoms with E-state index in [0.29, 0.717) is 28.1 Å². The Hall–Kier alpha value is -0.340. The summed E-state index contributed by atoms with van der Waals surface area (Å²) in [4.78, 5) is 2.94. The molecule has 2 spiro atoms. The number of nitrogens with zero attached hydrogens (tertiary/aromatic N) is 1. The molecule has 3 heterocycles. The predicted molar refractivity (Wildman–Crippen MR) is 84.1 cm³/mol. The second kappa shape index (κ2) is 2.99. The van der Waals surface area contributed by atoms with Gasteiger partial charge >= 0.3 is 0 Å². The molecule has 9 bridgehead atoms. The van der Waals surface area contributed by atoms with Gasteiger partial charge in [0.2, 0.25) is 0 Å². The highest BCUT2D eigenvalue weighted by Gasteiger charge is 2.87. The van der Waals surface area contributed by atoms with E-state index in [4.69, 9.17) is 0 Å². The van der Waals surface area contributed by atoms with Crippen molar-refractivity contribution in [2.45, 2.75) is 63.6 Å². The SMILES string of the molecule is C=C1C[C@@]23C[C@H]4[C@@H]5[C@@]6(C)CCC[C@@]57[C@@H]2C[C@@H]1[C@H](O)[C@@H]3[C@H]7N4C6. The highest BCUT2D eigenvalue weighted by Crippen LogP contribution is 2.87. The largest absolute Gasteiger partial charge is 0.392 e. The van der Waals surface area contributed by atoms with Crippen molar-refractivity contribution in [2.75, 3.05) is 6.54 Å². The minimum atomic E-state index is -0.0737. The molecule has 0 aromatic carbocycles. The Morgan fingerprint density at radius 1 is 1.32 bits per heavy atom. The van der Waals surface area contributed by atoms with Crippen molar-refractivity contribution < 1.29 is 5.11 Å². The second-order valence-electron chi connectivity index (χ2n) is 10.5. The molecule has 0 amide bonds. The smallest absolute Gasteiger partial charge is 0.0654 e. The average Bonchev–Trinajstić information content (AvgIpc) is 2.88. The van der Waals surface area contributed by atoms with Crippen LogP contribution in [-0.4, -0.2) is 34.7 Å². The molecular formula is C20H27NO. The summed E-state index contributed by atoms with van der Waals surface area (Å²) in [6.07, 6.45) is 8.24. The van der Waals surface area contributed by atoms with Crippen LogP contribution in [-0.2, 0) is 0 Å². The van der Waals surface area contributed by atoms with E-state index in [2.05, 4.69) is 18.4 Å². The van der Waals surface area contributed by atoms with Crippen LogP contribution in [0.25, 0.3) is 0 Å². The average molecular weight is 297 g/mol. The quantitative estimate of drug-likeness (QED) is 0.695. The lowest BCUT2D eigenvalue weighted by Crippen LogP contribution is -2.62. The zero-order valence-electron chi connectivity index (χ0n) is 13.6. The minimum Gasteiger partial charge on any atom is -0.392 e. The minimum absolute atomic E-state index is 0.0737. The molecule has 6 aliphatic carbocycles. The standard InChI is InChI=1S/C20H27NO/c1-10-7-19-8-12-16-18(2)4-3-5-20(16)13(19)6-11(10)15(22)14(19)17(20)21(12)9-18/h11-17,22H,1,3-9H2,2H3/t11-,12-,13+,14+,15-,16+,17+,18-,19+,20+/m0/s1. The lowest BCUT2D eigenvalue weighted by molar-refractivity contribution is -0.154. The molecule has 9 rings (SSSR count). The maximum absolute atomic E-state index is 11.2. The topological polar surface area (TPSA) is 23.5 Å². The van der Waals surface area contributed by atoms with Crippen LogP contribution in [0, 0.1) is 39.9 Å². The Labute approximate surface area is 132 Å². The first kappa shape index (κ1) is 12.1. The van der Waals surface area contributed by atoms with Crippen LogP contribution in [0.1, 0.15) is 45.4 Å². The number of fused-ring (bicyclic) bond motifs is 1. The van der Waals surface area contributed by atoms with Gasteiger partial charge in [-0.25, -0.2) is 0 Å². The molecular weight excluding hydrogens is 270 g/mol. The summed E-state index contributed by atoms with van der Waals surface area (Å²) in [5.74, 6) is 2.90. The molecule has 0 aromatic rings. The molecule has 11 atom stereocenters. The molecule has 9 aliphatic rings. The van der Waals surface area contributed by atoms with Crippen molar-refractivity contribution >= 4 is 0 Å². The van der Waals surface area contributed by atoms with Gasteiger partial charge in [0.25, 0.3) is 0 Å². The van der Waals surface area contributed by atoms with Crippen LogP contribution in [0.4, 0.5) is 0 Å². The first-order valence-corrected chi connectivity index (χ1v) is 9.64. The number of hydrogen-bond acceptors (Lipinski definition) is 2. The first-order chi connectivity index (χ1) is 10.5. The first-order valence-electron chi connectivity index (χ1n) is 9.64. The fourth-order valence-corrected chi connectivity index (χ4v) is 10.5. The Balaban J connectivity index is 1.53. The molecule has 6 saturated carbocycles. The monoisotopic (exact) mass is 297 g/mol. The fourth-order valence-electron chi connectivity index (χ4n) is 10.5. The van der Waals surface area contributed by atoms with Crippen molar-refractivity contribution in [3.8, 4) is 0 Å². The molecule has 22 heavy (non-hydrogen) atoms. The summed E-state index contributed by atoms with van der Waals surface area (Å²) in [7, 11) is 0. The van der Waals surface area contributed by atoms with Crippen LogP contribution in [0.2, 0.25) is 0 Å². The summed E-state index contributed by atoms with van der Waals surface area (Å²) < 4.78 is 0. The summed E-state index contributed by atoms with van der Waals surface area (Å²) in [5, 5.41) is 11.2.